The first-order valence-electron chi connectivity index (χ1n) is 6.14. The monoisotopic (exact) mass is 250 g/mol. The van der Waals surface area contributed by atoms with Crippen molar-refractivity contribution in [3.63, 3.8) is 0 Å². The normalized spacial score (nSPS) is 12.2. The SMILES string of the molecule is COC(C)CCC(=O)N(C)Cc1cccc(N)c1. The van der Waals surface area contributed by atoms with E-state index in [1.807, 2.05) is 38.2 Å². The molecule has 2 N–H and O–H groups in total. The van der Waals surface area contributed by atoms with Crippen molar-refractivity contribution >= 4 is 11.6 Å². The molecule has 100 valence electrons. The van der Waals surface area contributed by atoms with Gasteiger partial charge in [0.1, 0.15) is 0 Å². The number of nitrogens with two attached hydrogens (primary N) is 1. The number of hydrogen-bond donors (Lipinski definition) is 1. The van der Waals surface area contributed by atoms with Crippen molar-refractivity contribution in [1.29, 1.82) is 0 Å². The van der Waals surface area contributed by atoms with E-state index in [-0.39, 0.29) is 12.0 Å². The molecule has 1 atom stereocenters. The van der Waals surface area contributed by atoms with Crippen LogP contribution < -0.4 is 5.73 Å². The molecule has 1 unspecified atom stereocenters. The van der Waals surface area contributed by atoms with Crippen molar-refractivity contribution in [2.24, 2.45) is 0 Å². The number of rotatable bonds is 6. The minimum absolute atomic E-state index is 0.120. The molecule has 0 aromatic heterocycles. The molecule has 1 aromatic carbocycles. The van der Waals surface area contributed by atoms with Gasteiger partial charge in [0, 0.05) is 32.8 Å². The molecule has 1 amide bonds. The maximum absolute atomic E-state index is 11.9. The minimum Gasteiger partial charge on any atom is -0.399 e. The Hall–Kier alpha value is -1.55. The number of anilines is 1. The highest BCUT2D eigenvalue weighted by molar-refractivity contribution is 5.75. The van der Waals surface area contributed by atoms with Gasteiger partial charge in [0.25, 0.3) is 0 Å². The number of nitrogens with zero attached hydrogens (tertiary/aromatic N) is 1. The molecule has 1 aromatic rings. The summed E-state index contributed by atoms with van der Waals surface area (Å²) in [6.45, 7) is 2.55. The fourth-order valence-electron chi connectivity index (χ4n) is 1.69. The maximum atomic E-state index is 11.9. The number of carbonyl (C=O) groups is 1. The summed E-state index contributed by atoms with van der Waals surface area (Å²) in [4.78, 5) is 13.6. The van der Waals surface area contributed by atoms with Gasteiger partial charge in [0.2, 0.25) is 5.91 Å². The van der Waals surface area contributed by atoms with E-state index >= 15 is 0 Å². The van der Waals surface area contributed by atoms with E-state index < -0.39 is 0 Å². The van der Waals surface area contributed by atoms with Crippen molar-refractivity contribution in [3.05, 3.63) is 29.8 Å². The summed E-state index contributed by atoms with van der Waals surface area (Å²) in [5, 5.41) is 0. The summed E-state index contributed by atoms with van der Waals surface area (Å²) < 4.78 is 5.13. The molecule has 0 saturated heterocycles. The van der Waals surface area contributed by atoms with Gasteiger partial charge in [-0.05, 0) is 31.0 Å². The third-order valence-electron chi connectivity index (χ3n) is 2.96. The first-order valence-corrected chi connectivity index (χ1v) is 6.14. The van der Waals surface area contributed by atoms with Gasteiger partial charge in [-0.15, -0.1) is 0 Å². The van der Waals surface area contributed by atoms with Gasteiger partial charge in [-0.2, -0.15) is 0 Å². The lowest BCUT2D eigenvalue weighted by Gasteiger charge is -2.18. The third-order valence-corrected chi connectivity index (χ3v) is 2.96. The van der Waals surface area contributed by atoms with Gasteiger partial charge < -0.3 is 15.4 Å². The second-order valence-electron chi connectivity index (χ2n) is 4.58. The van der Waals surface area contributed by atoms with Gasteiger partial charge in [0.15, 0.2) is 0 Å². The molecule has 4 heteroatoms. The Kier molecular flexibility index (Phi) is 5.65. The van der Waals surface area contributed by atoms with Crippen LogP contribution in [0.1, 0.15) is 25.3 Å². The number of amides is 1. The zero-order valence-corrected chi connectivity index (χ0v) is 11.3. The fourth-order valence-corrected chi connectivity index (χ4v) is 1.69. The van der Waals surface area contributed by atoms with E-state index in [2.05, 4.69) is 0 Å². The number of nitrogen functional groups attached to an aromatic ring is 1. The van der Waals surface area contributed by atoms with Crippen LogP contribution in [0.15, 0.2) is 24.3 Å². The van der Waals surface area contributed by atoms with Crippen LogP contribution in [0, 0.1) is 0 Å². The number of carbonyl (C=O) groups excluding carboxylic acids is 1. The van der Waals surface area contributed by atoms with Crippen LogP contribution in [0.2, 0.25) is 0 Å². The van der Waals surface area contributed by atoms with Crippen LogP contribution in [0.25, 0.3) is 0 Å². The predicted octanol–water partition coefficient (Wildman–Crippen LogP) is 2.04. The number of benzene rings is 1. The molecule has 1 rings (SSSR count). The maximum Gasteiger partial charge on any atom is 0.222 e. The summed E-state index contributed by atoms with van der Waals surface area (Å²) >= 11 is 0. The van der Waals surface area contributed by atoms with Crippen LogP contribution in [-0.4, -0.2) is 31.1 Å². The molecule has 0 spiro atoms. The van der Waals surface area contributed by atoms with Crippen molar-refractivity contribution in [1.82, 2.24) is 4.90 Å². The lowest BCUT2D eigenvalue weighted by atomic mass is 10.1. The first kappa shape index (κ1) is 14.5. The molecule has 0 radical (unpaired) electrons. The Balaban J connectivity index is 2.45. The largest absolute Gasteiger partial charge is 0.399 e. The van der Waals surface area contributed by atoms with Crippen molar-refractivity contribution in [3.8, 4) is 0 Å². The van der Waals surface area contributed by atoms with Crippen LogP contribution in [0.5, 0.6) is 0 Å². The van der Waals surface area contributed by atoms with E-state index in [9.17, 15) is 4.79 Å². The van der Waals surface area contributed by atoms with E-state index in [0.29, 0.717) is 13.0 Å². The van der Waals surface area contributed by atoms with Crippen LogP contribution in [-0.2, 0) is 16.1 Å². The summed E-state index contributed by atoms with van der Waals surface area (Å²) in [5.41, 5.74) is 7.48. The van der Waals surface area contributed by atoms with Gasteiger partial charge >= 0.3 is 0 Å². The molecule has 0 aliphatic carbocycles. The first-order chi connectivity index (χ1) is 8.52. The number of ether oxygens (including phenoxy) is 1. The lowest BCUT2D eigenvalue weighted by molar-refractivity contribution is -0.131. The topological polar surface area (TPSA) is 55.6 Å². The van der Waals surface area contributed by atoms with Crippen molar-refractivity contribution in [2.45, 2.75) is 32.4 Å². The summed E-state index contributed by atoms with van der Waals surface area (Å²) in [5.74, 6) is 0.126. The third kappa shape index (κ3) is 4.75. The van der Waals surface area contributed by atoms with Crippen molar-refractivity contribution in [2.75, 3.05) is 19.9 Å². The summed E-state index contributed by atoms with van der Waals surface area (Å²) in [6.07, 6.45) is 1.37. The van der Waals surface area contributed by atoms with E-state index in [0.717, 1.165) is 17.7 Å². The molecule has 0 bridgehead atoms. The molecule has 0 fully saturated rings. The number of methoxy groups -OCH3 is 1. The summed E-state index contributed by atoms with van der Waals surface area (Å²) in [6, 6.07) is 7.60. The molecule has 4 nitrogen and oxygen atoms in total. The zero-order chi connectivity index (χ0) is 13.5. The molecule has 18 heavy (non-hydrogen) atoms. The van der Waals surface area contributed by atoms with Crippen LogP contribution in [0.4, 0.5) is 5.69 Å². The van der Waals surface area contributed by atoms with E-state index in [1.54, 1.807) is 12.0 Å². The second kappa shape index (κ2) is 7.01. The molecular weight excluding hydrogens is 228 g/mol. The van der Waals surface area contributed by atoms with Gasteiger partial charge in [-0.3, -0.25) is 4.79 Å². The Labute approximate surface area is 109 Å². The average Bonchev–Trinajstić information content (AvgIpc) is 2.35. The average molecular weight is 250 g/mol. The quantitative estimate of drug-likeness (QED) is 0.786. The Bertz CT molecular complexity index is 393. The second-order valence-corrected chi connectivity index (χ2v) is 4.58. The molecular formula is C14H22N2O2. The fraction of sp³-hybridized carbons (Fsp3) is 0.500. The smallest absolute Gasteiger partial charge is 0.222 e. The highest BCUT2D eigenvalue weighted by Gasteiger charge is 2.11. The Morgan fingerprint density at radius 1 is 1.50 bits per heavy atom. The summed E-state index contributed by atoms with van der Waals surface area (Å²) in [7, 11) is 3.47. The standard InChI is InChI=1S/C14H22N2O2/c1-11(18-3)7-8-14(17)16(2)10-12-5-4-6-13(15)9-12/h4-6,9,11H,7-8,10,15H2,1-3H3. The minimum atomic E-state index is 0.120. The van der Waals surface area contributed by atoms with Gasteiger partial charge in [-0.25, -0.2) is 0 Å². The van der Waals surface area contributed by atoms with Gasteiger partial charge in [-0.1, -0.05) is 12.1 Å². The molecule has 0 heterocycles. The van der Waals surface area contributed by atoms with Crippen LogP contribution in [0.3, 0.4) is 0 Å². The predicted molar refractivity (Wildman–Crippen MR) is 73.0 cm³/mol. The Morgan fingerprint density at radius 2 is 2.22 bits per heavy atom. The molecule has 0 saturated carbocycles. The molecule has 0 aliphatic heterocycles. The van der Waals surface area contributed by atoms with E-state index in [1.165, 1.54) is 0 Å². The van der Waals surface area contributed by atoms with Crippen LogP contribution >= 0.6 is 0 Å². The Morgan fingerprint density at radius 3 is 2.83 bits per heavy atom. The highest BCUT2D eigenvalue weighted by Crippen LogP contribution is 2.10. The van der Waals surface area contributed by atoms with Crippen molar-refractivity contribution < 1.29 is 9.53 Å². The zero-order valence-electron chi connectivity index (χ0n) is 11.3. The van der Waals surface area contributed by atoms with E-state index in [4.69, 9.17) is 10.5 Å². The number of hydrogen-bond acceptors (Lipinski definition) is 3. The lowest BCUT2D eigenvalue weighted by Crippen LogP contribution is -2.26. The van der Waals surface area contributed by atoms with Gasteiger partial charge in [0.05, 0.1) is 6.10 Å². The highest BCUT2D eigenvalue weighted by atomic mass is 16.5. The molecule has 0 aliphatic rings.